The maximum atomic E-state index is 8.70. The first-order valence-electron chi connectivity index (χ1n) is 4.21. The predicted octanol–water partition coefficient (Wildman–Crippen LogP) is -1.03. The van der Waals surface area contributed by atoms with Crippen molar-refractivity contribution in [3.8, 4) is 0 Å². The average Bonchev–Trinajstić information content (AvgIpc) is 2.13. The first-order valence-corrected chi connectivity index (χ1v) is 4.21. The number of hydrogen-bond donors (Lipinski definition) is 4. The normalized spacial score (nSPS) is 11.5. The van der Waals surface area contributed by atoms with Gasteiger partial charge in [0, 0.05) is 38.3 Å². The predicted molar refractivity (Wildman–Crippen MR) is 44.6 cm³/mol. The van der Waals surface area contributed by atoms with Crippen LogP contribution in [0.1, 0.15) is 12.8 Å². The number of aliphatic hydroxyl groups excluding tert-OH is 4. The van der Waals surface area contributed by atoms with Gasteiger partial charge in [-0.1, -0.05) is 0 Å². The van der Waals surface area contributed by atoms with Gasteiger partial charge in [-0.2, -0.15) is 0 Å². The van der Waals surface area contributed by atoms with Crippen molar-refractivity contribution in [2.45, 2.75) is 12.8 Å². The molecule has 0 radical (unpaired) electrons. The molecule has 0 unspecified atom stereocenters. The fourth-order valence-electron chi connectivity index (χ4n) is 0.952. The van der Waals surface area contributed by atoms with Crippen LogP contribution in [-0.4, -0.2) is 46.9 Å². The molecule has 0 fully saturated rings. The third kappa shape index (κ3) is 4.66. The highest BCUT2D eigenvalue weighted by Crippen LogP contribution is 2.11. The molecule has 0 amide bonds. The summed E-state index contributed by atoms with van der Waals surface area (Å²) in [5, 5.41) is 34.8. The van der Waals surface area contributed by atoms with Gasteiger partial charge >= 0.3 is 0 Å². The van der Waals surface area contributed by atoms with Crippen molar-refractivity contribution in [2.24, 2.45) is 11.8 Å². The first kappa shape index (κ1) is 11.8. The van der Waals surface area contributed by atoms with Crippen LogP contribution in [0.5, 0.6) is 0 Å². The summed E-state index contributed by atoms with van der Waals surface area (Å²) < 4.78 is 0. The fourth-order valence-corrected chi connectivity index (χ4v) is 0.952. The molecular formula is C8H18O4. The van der Waals surface area contributed by atoms with E-state index in [4.69, 9.17) is 20.4 Å². The lowest BCUT2D eigenvalue weighted by atomic mass is 9.98. The molecule has 0 saturated carbocycles. The van der Waals surface area contributed by atoms with Gasteiger partial charge in [0.2, 0.25) is 0 Å². The van der Waals surface area contributed by atoms with E-state index < -0.39 is 0 Å². The van der Waals surface area contributed by atoms with Crippen LogP contribution in [0, 0.1) is 11.8 Å². The van der Waals surface area contributed by atoms with Crippen molar-refractivity contribution in [3.05, 3.63) is 0 Å². The maximum absolute atomic E-state index is 8.70. The molecule has 0 aromatic rings. The van der Waals surface area contributed by atoms with E-state index in [1.165, 1.54) is 0 Å². The topological polar surface area (TPSA) is 80.9 Å². The summed E-state index contributed by atoms with van der Waals surface area (Å²) in [6, 6.07) is 0. The minimum atomic E-state index is -0.120. The zero-order chi connectivity index (χ0) is 9.40. The second-order valence-corrected chi connectivity index (χ2v) is 3.04. The van der Waals surface area contributed by atoms with Gasteiger partial charge in [-0.3, -0.25) is 0 Å². The van der Waals surface area contributed by atoms with Crippen molar-refractivity contribution in [1.29, 1.82) is 0 Å². The van der Waals surface area contributed by atoms with Crippen molar-refractivity contribution in [2.75, 3.05) is 26.4 Å². The third-order valence-electron chi connectivity index (χ3n) is 2.02. The summed E-state index contributed by atoms with van der Waals surface area (Å²) in [4.78, 5) is 0. The Labute approximate surface area is 72.5 Å². The van der Waals surface area contributed by atoms with Crippen LogP contribution in [0.3, 0.4) is 0 Å². The molecule has 0 aromatic heterocycles. The van der Waals surface area contributed by atoms with E-state index in [1.54, 1.807) is 0 Å². The Morgan fingerprint density at radius 3 is 1.00 bits per heavy atom. The van der Waals surface area contributed by atoms with E-state index in [-0.39, 0.29) is 38.3 Å². The maximum Gasteiger partial charge on any atom is 0.0481 e. The summed E-state index contributed by atoms with van der Waals surface area (Å²) in [6.45, 7) is -0.166. The van der Waals surface area contributed by atoms with Crippen molar-refractivity contribution < 1.29 is 20.4 Å². The molecule has 0 aliphatic heterocycles. The lowest BCUT2D eigenvalue weighted by Crippen LogP contribution is -2.16. The molecule has 0 saturated heterocycles. The number of hydrogen-bond acceptors (Lipinski definition) is 4. The zero-order valence-corrected chi connectivity index (χ0v) is 7.19. The quantitative estimate of drug-likeness (QED) is 0.402. The van der Waals surface area contributed by atoms with E-state index >= 15 is 0 Å². The molecule has 4 heteroatoms. The Hall–Kier alpha value is -0.160. The summed E-state index contributed by atoms with van der Waals surface area (Å²) in [5.74, 6) is -0.240. The van der Waals surface area contributed by atoms with Crippen LogP contribution in [0.4, 0.5) is 0 Å². The highest BCUT2D eigenvalue weighted by atomic mass is 16.3. The molecule has 74 valence electrons. The molecule has 0 aromatic carbocycles. The molecule has 0 spiro atoms. The van der Waals surface area contributed by atoms with Gasteiger partial charge in [0.1, 0.15) is 0 Å². The minimum absolute atomic E-state index is 0.0416. The van der Waals surface area contributed by atoms with Gasteiger partial charge in [0.05, 0.1) is 0 Å². The Morgan fingerprint density at radius 2 is 0.833 bits per heavy atom. The second-order valence-electron chi connectivity index (χ2n) is 3.04. The Morgan fingerprint density at radius 1 is 0.583 bits per heavy atom. The molecule has 4 nitrogen and oxygen atoms in total. The number of aliphatic hydroxyl groups is 4. The molecule has 0 heterocycles. The van der Waals surface area contributed by atoms with Crippen LogP contribution in [0.25, 0.3) is 0 Å². The lowest BCUT2D eigenvalue weighted by Gasteiger charge is -2.14. The Balaban J connectivity index is 3.49. The monoisotopic (exact) mass is 178 g/mol. The van der Waals surface area contributed by atoms with E-state index in [0.29, 0.717) is 12.8 Å². The highest BCUT2D eigenvalue weighted by Gasteiger charge is 2.10. The van der Waals surface area contributed by atoms with Crippen molar-refractivity contribution in [3.63, 3.8) is 0 Å². The summed E-state index contributed by atoms with van der Waals surface area (Å²) in [7, 11) is 0. The molecule has 0 atom stereocenters. The number of rotatable bonds is 7. The molecule has 0 rings (SSSR count). The van der Waals surface area contributed by atoms with Gasteiger partial charge in [-0.15, -0.1) is 0 Å². The minimum Gasteiger partial charge on any atom is -0.396 e. The molecule has 0 aliphatic rings. The molecule has 0 bridgehead atoms. The molecule has 4 N–H and O–H groups in total. The van der Waals surface area contributed by atoms with Gasteiger partial charge in [-0.05, 0) is 12.8 Å². The van der Waals surface area contributed by atoms with E-state index in [0.717, 1.165) is 0 Å². The fraction of sp³-hybridized carbons (Fsp3) is 1.00. The van der Waals surface area contributed by atoms with Crippen LogP contribution < -0.4 is 0 Å². The molecular weight excluding hydrogens is 160 g/mol. The van der Waals surface area contributed by atoms with E-state index in [2.05, 4.69) is 0 Å². The SMILES string of the molecule is OCC(CO)CCC(CO)CO. The van der Waals surface area contributed by atoms with Crippen LogP contribution in [0.15, 0.2) is 0 Å². The van der Waals surface area contributed by atoms with Gasteiger partial charge < -0.3 is 20.4 Å². The average molecular weight is 178 g/mol. The van der Waals surface area contributed by atoms with Crippen LogP contribution in [0.2, 0.25) is 0 Å². The van der Waals surface area contributed by atoms with Crippen LogP contribution in [-0.2, 0) is 0 Å². The van der Waals surface area contributed by atoms with E-state index in [9.17, 15) is 0 Å². The summed E-state index contributed by atoms with van der Waals surface area (Å²) in [5.41, 5.74) is 0. The smallest absolute Gasteiger partial charge is 0.0481 e. The first-order chi connectivity index (χ1) is 5.78. The lowest BCUT2D eigenvalue weighted by molar-refractivity contribution is 0.110. The van der Waals surface area contributed by atoms with Gasteiger partial charge in [-0.25, -0.2) is 0 Å². The standard InChI is InChI=1S/C8H18O4/c9-3-7(4-10)1-2-8(5-11)6-12/h7-12H,1-6H2. The summed E-state index contributed by atoms with van der Waals surface area (Å²) >= 11 is 0. The largest absolute Gasteiger partial charge is 0.396 e. The zero-order valence-electron chi connectivity index (χ0n) is 7.19. The second kappa shape index (κ2) is 7.49. The highest BCUT2D eigenvalue weighted by molar-refractivity contribution is 4.61. The van der Waals surface area contributed by atoms with E-state index in [1.807, 2.05) is 0 Å². The van der Waals surface area contributed by atoms with Gasteiger partial charge in [0.25, 0.3) is 0 Å². The van der Waals surface area contributed by atoms with Crippen LogP contribution >= 0.6 is 0 Å². The van der Waals surface area contributed by atoms with Crippen molar-refractivity contribution in [1.82, 2.24) is 0 Å². The molecule has 0 aliphatic carbocycles. The third-order valence-corrected chi connectivity index (χ3v) is 2.02. The van der Waals surface area contributed by atoms with Crippen molar-refractivity contribution >= 4 is 0 Å². The Kier molecular flexibility index (Phi) is 7.39. The molecule has 12 heavy (non-hydrogen) atoms. The summed E-state index contributed by atoms with van der Waals surface area (Å²) in [6.07, 6.45) is 1.28. The van der Waals surface area contributed by atoms with Gasteiger partial charge in [0.15, 0.2) is 0 Å². The Bertz CT molecular complexity index is 77.1.